The van der Waals surface area contributed by atoms with Crippen molar-refractivity contribution in [3.05, 3.63) is 35.9 Å². The molecule has 0 saturated carbocycles. The largest absolute Gasteiger partial charge is 0.380 e. The van der Waals surface area contributed by atoms with Gasteiger partial charge in [0.25, 0.3) is 0 Å². The number of amides is 1. The molecule has 1 saturated heterocycles. The van der Waals surface area contributed by atoms with Crippen molar-refractivity contribution in [3.63, 3.8) is 0 Å². The lowest BCUT2D eigenvalue weighted by atomic mass is 10.0. The zero-order valence-electron chi connectivity index (χ0n) is 12.6. The van der Waals surface area contributed by atoms with Gasteiger partial charge in [0.05, 0.1) is 6.61 Å². The van der Waals surface area contributed by atoms with E-state index in [1.807, 2.05) is 49.0 Å². The Labute approximate surface area is 131 Å². The lowest BCUT2D eigenvalue weighted by Crippen LogP contribution is -2.44. The normalized spacial score (nSPS) is 17.4. The van der Waals surface area contributed by atoms with Crippen LogP contribution < -0.4 is 5.32 Å². The number of rotatable bonds is 7. The van der Waals surface area contributed by atoms with Gasteiger partial charge in [0, 0.05) is 37.7 Å². The Hall–Kier alpha value is -1.04. The summed E-state index contributed by atoms with van der Waals surface area (Å²) in [6, 6.07) is 9.86. The third-order valence-corrected chi connectivity index (χ3v) is 4.47. The predicted octanol–water partition coefficient (Wildman–Crippen LogP) is 1.93. The topological polar surface area (TPSA) is 41.6 Å². The second kappa shape index (κ2) is 9.07. The molecular weight excluding hydrogens is 284 g/mol. The van der Waals surface area contributed by atoms with Crippen LogP contribution in [0.2, 0.25) is 0 Å². The van der Waals surface area contributed by atoms with Gasteiger partial charge in [0.1, 0.15) is 6.04 Å². The van der Waals surface area contributed by atoms with Crippen LogP contribution in [0.5, 0.6) is 0 Å². The first kappa shape index (κ1) is 16.3. The van der Waals surface area contributed by atoms with E-state index in [9.17, 15) is 4.79 Å². The van der Waals surface area contributed by atoms with Gasteiger partial charge in [-0.05, 0) is 12.5 Å². The van der Waals surface area contributed by atoms with Gasteiger partial charge < -0.3 is 10.1 Å². The summed E-state index contributed by atoms with van der Waals surface area (Å²) < 4.78 is 5.28. The summed E-state index contributed by atoms with van der Waals surface area (Å²) in [6.07, 6.45) is 0. The van der Waals surface area contributed by atoms with E-state index >= 15 is 0 Å². The Bertz CT molecular complexity index is 422. The summed E-state index contributed by atoms with van der Waals surface area (Å²) >= 11 is 1.95. The number of hydrogen-bond acceptors (Lipinski definition) is 4. The lowest BCUT2D eigenvalue weighted by molar-refractivity contribution is -0.126. The Morgan fingerprint density at radius 3 is 2.71 bits per heavy atom. The molecule has 1 atom stereocenters. The van der Waals surface area contributed by atoms with E-state index in [1.54, 1.807) is 0 Å². The van der Waals surface area contributed by atoms with Gasteiger partial charge in [-0.25, -0.2) is 0 Å². The summed E-state index contributed by atoms with van der Waals surface area (Å²) in [4.78, 5) is 14.9. The third kappa shape index (κ3) is 5.02. The molecule has 0 aliphatic carbocycles. The molecule has 0 aromatic heterocycles. The molecule has 2 rings (SSSR count). The van der Waals surface area contributed by atoms with Crippen LogP contribution in [0, 0.1) is 0 Å². The molecule has 1 fully saturated rings. The van der Waals surface area contributed by atoms with Crippen LogP contribution in [-0.4, -0.2) is 55.2 Å². The molecule has 0 unspecified atom stereocenters. The minimum absolute atomic E-state index is 0.0767. The Morgan fingerprint density at radius 2 is 2.05 bits per heavy atom. The first-order valence-electron chi connectivity index (χ1n) is 7.55. The number of ether oxygens (including phenoxy) is 1. The maximum Gasteiger partial charge on any atom is 0.242 e. The van der Waals surface area contributed by atoms with Crippen LogP contribution >= 0.6 is 11.8 Å². The molecule has 1 heterocycles. The van der Waals surface area contributed by atoms with E-state index in [2.05, 4.69) is 10.2 Å². The Balaban J connectivity index is 2.02. The van der Waals surface area contributed by atoms with Crippen LogP contribution in [0.3, 0.4) is 0 Å². The average molecular weight is 308 g/mol. The Morgan fingerprint density at radius 1 is 1.33 bits per heavy atom. The highest BCUT2D eigenvalue weighted by Crippen LogP contribution is 2.24. The van der Waals surface area contributed by atoms with Crippen LogP contribution in [-0.2, 0) is 9.53 Å². The Kier molecular flexibility index (Phi) is 7.06. The van der Waals surface area contributed by atoms with Gasteiger partial charge in [0.15, 0.2) is 0 Å². The van der Waals surface area contributed by atoms with E-state index in [0.29, 0.717) is 19.8 Å². The molecule has 5 heteroatoms. The van der Waals surface area contributed by atoms with E-state index < -0.39 is 0 Å². The van der Waals surface area contributed by atoms with Crippen LogP contribution in [0.25, 0.3) is 0 Å². The van der Waals surface area contributed by atoms with Crippen LogP contribution in [0.1, 0.15) is 18.5 Å². The third-order valence-electron chi connectivity index (χ3n) is 3.52. The first-order valence-corrected chi connectivity index (χ1v) is 8.70. The second-order valence-corrected chi connectivity index (χ2v) is 6.17. The number of carbonyl (C=O) groups excluding carboxylic acids is 1. The van der Waals surface area contributed by atoms with E-state index in [4.69, 9.17) is 4.74 Å². The molecular formula is C16H24N2O2S. The van der Waals surface area contributed by atoms with Crippen molar-refractivity contribution >= 4 is 17.7 Å². The maximum atomic E-state index is 12.6. The number of thioether (sulfide) groups is 1. The molecule has 1 aromatic carbocycles. The zero-order chi connectivity index (χ0) is 14.9. The molecule has 1 aliphatic rings. The van der Waals surface area contributed by atoms with Crippen molar-refractivity contribution in [2.75, 3.05) is 44.4 Å². The number of nitrogens with zero attached hydrogens (tertiary/aromatic N) is 1. The highest BCUT2D eigenvalue weighted by atomic mass is 32.2. The molecule has 1 N–H and O–H groups in total. The molecule has 4 nitrogen and oxygen atoms in total. The number of benzene rings is 1. The molecule has 1 aliphatic heterocycles. The molecule has 21 heavy (non-hydrogen) atoms. The number of nitrogens with one attached hydrogen (secondary N) is 1. The number of carbonyl (C=O) groups is 1. The van der Waals surface area contributed by atoms with Gasteiger partial charge in [-0.2, -0.15) is 11.8 Å². The fraction of sp³-hybridized carbons (Fsp3) is 0.562. The van der Waals surface area contributed by atoms with E-state index in [1.165, 1.54) is 0 Å². The standard InChI is InChI=1S/C16H24N2O2S/c1-2-20-11-8-17-16(19)15(14-6-4-3-5-7-14)18-9-12-21-13-10-18/h3-7,15H,2,8-13H2,1H3,(H,17,19)/t15-/m0/s1. The molecule has 0 bridgehead atoms. The maximum absolute atomic E-state index is 12.6. The summed E-state index contributed by atoms with van der Waals surface area (Å²) in [5, 5.41) is 3.00. The van der Waals surface area contributed by atoms with Crippen molar-refractivity contribution in [1.29, 1.82) is 0 Å². The first-order chi connectivity index (χ1) is 10.3. The molecule has 1 amide bonds. The minimum atomic E-state index is -0.186. The van der Waals surface area contributed by atoms with Crippen molar-refractivity contribution in [1.82, 2.24) is 10.2 Å². The van der Waals surface area contributed by atoms with Crippen molar-refractivity contribution in [3.8, 4) is 0 Å². The van der Waals surface area contributed by atoms with E-state index in [0.717, 1.165) is 30.2 Å². The van der Waals surface area contributed by atoms with E-state index in [-0.39, 0.29) is 11.9 Å². The van der Waals surface area contributed by atoms with Crippen molar-refractivity contribution in [2.24, 2.45) is 0 Å². The van der Waals surface area contributed by atoms with Crippen molar-refractivity contribution < 1.29 is 9.53 Å². The molecule has 116 valence electrons. The lowest BCUT2D eigenvalue weighted by Gasteiger charge is -2.33. The smallest absolute Gasteiger partial charge is 0.242 e. The fourth-order valence-corrected chi connectivity index (χ4v) is 3.42. The van der Waals surface area contributed by atoms with Crippen LogP contribution in [0.15, 0.2) is 30.3 Å². The van der Waals surface area contributed by atoms with Gasteiger partial charge >= 0.3 is 0 Å². The second-order valence-electron chi connectivity index (χ2n) is 4.95. The fourth-order valence-electron chi connectivity index (χ4n) is 2.49. The summed E-state index contributed by atoms with van der Waals surface area (Å²) in [6.45, 7) is 5.70. The SMILES string of the molecule is CCOCCNC(=O)[C@H](c1ccccc1)N1CCSCC1. The zero-order valence-corrected chi connectivity index (χ0v) is 13.4. The monoisotopic (exact) mass is 308 g/mol. The minimum Gasteiger partial charge on any atom is -0.380 e. The van der Waals surface area contributed by atoms with Gasteiger partial charge in [-0.3, -0.25) is 9.69 Å². The summed E-state index contributed by atoms with van der Waals surface area (Å²) in [5.41, 5.74) is 1.07. The highest BCUT2D eigenvalue weighted by Gasteiger charge is 2.28. The summed E-state index contributed by atoms with van der Waals surface area (Å²) in [5.74, 6) is 2.26. The quantitative estimate of drug-likeness (QED) is 0.782. The van der Waals surface area contributed by atoms with Crippen LogP contribution in [0.4, 0.5) is 0 Å². The predicted molar refractivity (Wildman–Crippen MR) is 87.6 cm³/mol. The highest BCUT2D eigenvalue weighted by molar-refractivity contribution is 7.99. The molecule has 0 spiro atoms. The van der Waals surface area contributed by atoms with Gasteiger partial charge in [-0.1, -0.05) is 30.3 Å². The van der Waals surface area contributed by atoms with Gasteiger partial charge in [-0.15, -0.1) is 0 Å². The number of hydrogen-bond donors (Lipinski definition) is 1. The average Bonchev–Trinajstić information content (AvgIpc) is 2.54. The molecule has 0 radical (unpaired) electrons. The molecule has 1 aromatic rings. The van der Waals surface area contributed by atoms with Crippen molar-refractivity contribution in [2.45, 2.75) is 13.0 Å². The summed E-state index contributed by atoms with van der Waals surface area (Å²) in [7, 11) is 0. The van der Waals surface area contributed by atoms with Gasteiger partial charge in [0.2, 0.25) is 5.91 Å².